The first-order valence-corrected chi connectivity index (χ1v) is 13.4. The van der Waals surface area contributed by atoms with E-state index in [0.29, 0.717) is 19.6 Å². The van der Waals surface area contributed by atoms with Crippen LogP contribution in [0.5, 0.6) is 0 Å². The van der Waals surface area contributed by atoms with Gasteiger partial charge < -0.3 is 24.2 Å². The highest BCUT2D eigenvalue weighted by atomic mass is 32.1. The summed E-state index contributed by atoms with van der Waals surface area (Å²) in [6.45, 7) is 5.44. The molecule has 2 saturated heterocycles. The topological polar surface area (TPSA) is 52.0 Å². The molecule has 0 aliphatic carbocycles. The molecule has 35 heavy (non-hydrogen) atoms. The molecule has 0 bridgehead atoms. The van der Waals surface area contributed by atoms with Gasteiger partial charge >= 0.3 is 0 Å². The Morgan fingerprint density at radius 1 is 0.943 bits per heavy atom. The maximum Gasteiger partial charge on any atom is 0.270 e. The molecule has 7 nitrogen and oxygen atoms in total. The first-order chi connectivity index (χ1) is 16.9. The number of nitrogens with zero attached hydrogens (tertiary/aromatic N) is 5. The number of aromatic nitrogens is 1. The van der Waals surface area contributed by atoms with E-state index in [-0.39, 0.29) is 17.7 Å². The number of hydrogen-bond acceptors (Lipinski definition) is 5. The summed E-state index contributed by atoms with van der Waals surface area (Å²) >= 11 is 1.67. The molecule has 5 rings (SSSR count). The third kappa shape index (κ3) is 4.95. The fraction of sp³-hybridized carbons (Fsp3) is 0.481. The number of piperazine rings is 1. The highest BCUT2D eigenvalue weighted by molar-refractivity contribution is 7.17. The summed E-state index contributed by atoms with van der Waals surface area (Å²) in [6.07, 6.45) is 1.50. The van der Waals surface area contributed by atoms with Gasteiger partial charge in [-0.1, -0.05) is 12.1 Å². The van der Waals surface area contributed by atoms with E-state index in [4.69, 9.17) is 0 Å². The van der Waals surface area contributed by atoms with Gasteiger partial charge in [0.05, 0.1) is 10.2 Å². The number of likely N-dealkylation sites (N-methyl/N-ethyl adjacent to an activating group) is 1. The average molecular weight is 494 g/mol. The molecule has 1 aromatic carbocycles. The first-order valence-electron chi connectivity index (χ1n) is 12.5. The van der Waals surface area contributed by atoms with E-state index in [9.17, 15) is 9.59 Å². The van der Waals surface area contributed by atoms with Crippen LogP contribution in [0, 0.1) is 5.92 Å². The molecule has 0 N–H and O–H groups in total. The van der Waals surface area contributed by atoms with Crippen molar-refractivity contribution >= 4 is 39.1 Å². The Balaban J connectivity index is 1.28. The van der Waals surface area contributed by atoms with Crippen LogP contribution in [0.15, 0.2) is 41.8 Å². The quantitative estimate of drug-likeness (QED) is 0.547. The molecular formula is C27H35N5O2S. The molecule has 2 aliphatic rings. The van der Waals surface area contributed by atoms with Gasteiger partial charge in [0, 0.05) is 71.5 Å². The zero-order valence-corrected chi connectivity index (χ0v) is 21.8. The van der Waals surface area contributed by atoms with Gasteiger partial charge in [0.25, 0.3) is 5.91 Å². The monoisotopic (exact) mass is 493 g/mol. The minimum absolute atomic E-state index is 0.0351. The number of hydrogen-bond donors (Lipinski definition) is 0. The molecule has 2 amide bonds. The Kier molecular flexibility index (Phi) is 6.84. The Morgan fingerprint density at radius 2 is 1.63 bits per heavy atom. The molecule has 0 radical (unpaired) electrons. The van der Waals surface area contributed by atoms with Crippen LogP contribution < -0.4 is 4.90 Å². The van der Waals surface area contributed by atoms with E-state index in [1.54, 1.807) is 11.3 Å². The molecule has 8 heteroatoms. The van der Waals surface area contributed by atoms with Gasteiger partial charge in [-0.3, -0.25) is 9.59 Å². The summed E-state index contributed by atoms with van der Waals surface area (Å²) in [5.41, 5.74) is 4.18. The van der Waals surface area contributed by atoms with Crippen molar-refractivity contribution in [3.63, 3.8) is 0 Å². The van der Waals surface area contributed by atoms with E-state index in [0.717, 1.165) is 60.6 Å². The normalized spacial score (nSPS) is 17.8. The standard InChI is InChI=1S/C27H35N5O2S/c1-28(2)22-6-4-20(5-7-22)19-32-23-10-17-35-25(23)18-24(32)27(34)30-11-8-21(9-12-30)26(33)31-15-13-29(3)14-16-31/h4-7,10,17-18,21H,8-9,11-16,19H2,1-3H3. The lowest BCUT2D eigenvalue weighted by molar-refractivity contribution is -0.138. The predicted octanol–water partition coefficient (Wildman–Crippen LogP) is 3.44. The number of thiophene rings is 1. The van der Waals surface area contributed by atoms with Crippen molar-refractivity contribution in [1.29, 1.82) is 0 Å². The molecule has 0 atom stereocenters. The third-order valence-corrected chi connectivity index (χ3v) is 8.33. The van der Waals surface area contributed by atoms with Gasteiger partial charge in [0.1, 0.15) is 5.69 Å². The van der Waals surface area contributed by atoms with Crippen molar-refractivity contribution in [3.05, 3.63) is 53.0 Å². The van der Waals surface area contributed by atoms with Gasteiger partial charge in [-0.05, 0) is 55.1 Å². The molecule has 0 unspecified atom stereocenters. The third-order valence-electron chi connectivity index (χ3n) is 7.48. The van der Waals surface area contributed by atoms with Gasteiger partial charge in [0.15, 0.2) is 0 Å². The Hall–Kier alpha value is -2.84. The zero-order chi connectivity index (χ0) is 24.5. The van der Waals surface area contributed by atoms with Gasteiger partial charge in [-0.2, -0.15) is 0 Å². The second kappa shape index (κ2) is 10.0. The molecule has 186 valence electrons. The SMILES string of the molecule is CN1CCN(C(=O)C2CCN(C(=O)c3cc4sccc4n3Cc3ccc(N(C)C)cc3)CC2)CC1. The predicted molar refractivity (Wildman–Crippen MR) is 142 cm³/mol. The minimum Gasteiger partial charge on any atom is -0.378 e. The smallest absolute Gasteiger partial charge is 0.270 e. The van der Waals surface area contributed by atoms with Gasteiger partial charge in [-0.25, -0.2) is 0 Å². The molecular weight excluding hydrogens is 458 g/mol. The lowest BCUT2D eigenvalue weighted by Crippen LogP contribution is -2.51. The summed E-state index contributed by atoms with van der Waals surface area (Å²) in [4.78, 5) is 35.0. The number of anilines is 1. The second-order valence-electron chi connectivity index (χ2n) is 10.0. The summed E-state index contributed by atoms with van der Waals surface area (Å²) in [6, 6.07) is 12.7. The van der Waals surface area contributed by atoms with Crippen LogP contribution in [-0.4, -0.2) is 91.5 Å². The summed E-state index contributed by atoms with van der Waals surface area (Å²) in [7, 11) is 6.17. The number of likely N-dealkylation sites (tertiary alicyclic amines) is 1. The van der Waals surface area contributed by atoms with E-state index in [2.05, 4.69) is 57.1 Å². The number of carbonyl (C=O) groups excluding carboxylic acids is 2. The number of benzene rings is 1. The molecule has 2 aromatic heterocycles. The molecule has 3 aromatic rings. The van der Waals surface area contributed by atoms with Crippen molar-refractivity contribution in [1.82, 2.24) is 19.3 Å². The number of carbonyl (C=O) groups is 2. The van der Waals surface area contributed by atoms with Crippen LogP contribution in [0.25, 0.3) is 10.2 Å². The largest absolute Gasteiger partial charge is 0.378 e. The molecule has 0 spiro atoms. The van der Waals surface area contributed by atoms with Crippen LogP contribution >= 0.6 is 11.3 Å². The number of amides is 2. The minimum atomic E-state index is 0.0351. The van der Waals surface area contributed by atoms with E-state index < -0.39 is 0 Å². The first kappa shape index (κ1) is 23.9. The van der Waals surface area contributed by atoms with Crippen LogP contribution in [0.2, 0.25) is 0 Å². The second-order valence-corrected chi connectivity index (χ2v) is 11.0. The van der Waals surface area contributed by atoms with E-state index in [1.807, 2.05) is 30.0 Å². The van der Waals surface area contributed by atoms with Crippen LogP contribution in [0.3, 0.4) is 0 Å². The van der Waals surface area contributed by atoms with Gasteiger partial charge in [-0.15, -0.1) is 11.3 Å². The number of fused-ring (bicyclic) bond motifs is 1. The number of rotatable bonds is 5. The van der Waals surface area contributed by atoms with Crippen molar-refractivity contribution in [2.45, 2.75) is 19.4 Å². The molecule has 0 saturated carbocycles. The van der Waals surface area contributed by atoms with E-state index in [1.165, 1.54) is 5.56 Å². The van der Waals surface area contributed by atoms with Crippen molar-refractivity contribution < 1.29 is 9.59 Å². The number of piperidine rings is 1. The Bertz CT molecular complexity index is 1180. The molecule has 2 aliphatic heterocycles. The summed E-state index contributed by atoms with van der Waals surface area (Å²) < 4.78 is 3.29. The zero-order valence-electron chi connectivity index (χ0n) is 20.9. The van der Waals surface area contributed by atoms with Crippen molar-refractivity contribution in [3.8, 4) is 0 Å². The lowest BCUT2D eigenvalue weighted by Gasteiger charge is -2.37. The van der Waals surface area contributed by atoms with Crippen molar-refractivity contribution in [2.75, 3.05) is 65.3 Å². The summed E-state index contributed by atoms with van der Waals surface area (Å²) in [5.74, 6) is 0.381. The maximum absolute atomic E-state index is 13.6. The van der Waals surface area contributed by atoms with Crippen LogP contribution in [-0.2, 0) is 11.3 Å². The molecule has 2 fully saturated rings. The fourth-order valence-corrected chi connectivity index (χ4v) is 6.01. The maximum atomic E-state index is 13.6. The van der Waals surface area contributed by atoms with Crippen LogP contribution in [0.4, 0.5) is 5.69 Å². The average Bonchev–Trinajstić information content (AvgIpc) is 3.47. The fourth-order valence-electron chi connectivity index (χ4n) is 5.18. The van der Waals surface area contributed by atoms with E-state index >= 15 is 0 Å². The van der Waals surface area contributed by atoms with Gasteiger partial charge in [0.2, 0.25) is 5.91 Å². The molecule has 4 heterocycles. The van der Waals surface area contributed by atoms with Crippen molar-refractivity contribution in [2.24, 2.45) is 5.92 Å². The highest BCUT2D eigenvalue weighted by Crippen LogP contribution is 2.29. The lowest BCUT2D eigenvalue weighted by atomic mass is 9.94. The Labute approximate surface area is 211 Å². The van der Waals surface area contributed by atoms with Crippen LogP contribution in [0.1, 0.15) is 28.9 Å². The Morgan fingerprint density at radius 3 is 2.29 bits per heavy atom. The summed E-state index contributed by atoms with van der Waals surface area (Å²) in [5, 5.41) is 2.08. The highest BCUT2D eigenvalue weighted by Gasteiger charge is 2.32.